The third-order valence-electron chi connectivity index (χ3n) is 4.62. The first kappa shape index (κ1) is 27.2. The highest BCUT2D eigenvalue weighted by atomic mass is 35.5. The highest BCUT2D eigenvalue weighted by molar-refractivity contribution is 6.34. The van der Waals surface area contributed by atoms with Crippen molar-refractivity contribution >= 4 is 40.5 Å². The van der Waals surface area contributed by atoms with E-state index in [0.29, 0.717) is 28.6 Å². The van der Waals surface area contributed by atoms with Gasteiger partial charge in [0.15, 0.2) is 0 Å². The molecule has 0 heterocycles. The molecule has 0 aliphatic heterocycles. The molecule has 0 fully saturated rings. The quantitative estimate of drug-likeness (QED) is 0.159. The van der Waals surface area contributed by atoms with Gasteiger partial charge in [-0.25, -0.2) is 0 Å². The second-order valence-electron chi connectivity index (χ2n) is 7.15. The Kier molecular flexibility index (Phi) is 9.52. The largest absolute Gasteiger partial charge is 0.460 e. The fourth-order valence-corrected chi connectivity index (χ4v) is 2.96. The molecule has 0 aliphatic carbocycles. The summed E-state index contributed by atoms with van der Waals surface area (Å²) >= 11 is 12.2. The highest BCUT2D eigenvalue weighted by Crippen LogP contribution is 2.29. The summed E-state index contributed by atoms with van der Waals surface area (Å²) in [5.74, 6) is -1.59. The maximum atomic E-state index is 12.7. The van der Waals surface area contributed by atoms with E-state index in [1.54, 1.807) is 6.92 Å². The fraction of sp³-hybridized carbons (Fsp3) is 0.261. The number of ether oxygens (including phenoxy) is 1. The first-order chi connectivity index (χ1) is 15.9. The van der Waals surface area contributed by atoms with Gasteiger partial charge < -0.3 is 10.1 Å². The van der Waals surface area contributed by atoms with E-state index in [0.717, 1.165) is 19.1 Å². The molecule has 1 N–H and O–H groups in total. The second kappa shape index (κ2) is 11.9. The molecule has 1 atom stereocenters. The van der Waals surface area contributed by atoms with Crippen LogP contribution in [-0.2, 0) is 0 Å². The third-order valence-corrected chi connectivity index (χ3v) is 5.42. The molecule has 0 aromatic heterocycles. The zero-order valence-corrected chi connectivity index (χ0v) is 19.7. The van der Waals surface area contributed by atoms with Crippen LogP contribution in [0.4, 0.5) is 24.5 Å². The molecule has 0 spiro atoms. The van der Waals surface area contributed by atoms with Crippen molar-refractivity contribution in [2.24, 2.45) is 5.92 Å². The number of hydrogen-bond acceptors (Lipinski definition) is 4. The summed E-state index contributed by atoms with van der Waals surface area (Å²) in [6.07, 6.45) is -1.44. The molecular weight excluding hydrogens is 496 g/mol. The molecule has 0 bridgehead atoms. The number of nitrogens with zero attached hydrogens (tertiary/aromatic N) is 1. The molecule has 0 saturated carbocycles. The minimum atomic E-state index is -4.33. The van der Waals surface area contributed by atoms with Crippen LogP contribution in [0.2, 0.25) is 5.02 Å². The van der Waals surface area contributed by atoms with Crippen molar-refractivity contribution in [3.63, 3.8) is 0 Å². The van der Waals surface area contributed by atoms with Crippen molar-refractivity contribution in [1.82, 2.24) is 0 Å². The SMILES string of the molecule is CC/C(Cl)=C(\C/C=C\C(C)C(F)(F)F)Oc1ccc(NC(=O)c2cc([N+](=O)[O-])ccc2Cl)cc1. The minimum Gasteiger partial charge on any atom is -0.460 e. The van der Waals surface area contributed by atoms with Crippen LogP contribution in [0.1, 0.15) is 37.0 Å². The van der Waals surface area contributed by atoms with Gasteiger partial charge in [0.1, 0.15) is 11.5 Å². The zero-order chi connectivity index (χ0) is 25.5. The Labute approximate surface area is 204 Å². The van der Waals surface area contributed by atoms with Gasteiger partial charge in [0.2, 0.25) is 0 Å². The predicted molar refractivity (Wildman–Crippen MR) is 125 cm³/mol. The fourth-order valence-electron chi connectivity index (χ4n) is 2.64. The number of alkyl halides is 3. The number of hydrogen-bond donors (Lipinski definition) is 1. The zero-order valence-electron chi connectivity index (χ0n) is 18.2. The van der Waals surface area contributed by atoms with Crippen LogP contribution < -0.4 is 10.1 Å². The number of halogens is 5. The van der Waals surface area contributed by atoms with Gasteiger partial charge in [0.05, 0.1) is 26.5 Å². The molecule has 11 heteroatoms. The number of amides is 1. The Hall–Kier alpha value is -3.04. The normalized spacial score (nSPS) is 13.4. The lowest BCUT2D eigenvalue weighted by Crippen LogP contribution is -2.17. The number of nitrogens with one attached hydrogen (secondary N) is 1. The Morgan fingerprint density at radius 1 is 1.24 bits per heavy atom. The molecule has 1 unspecified atom stereocenters. The molecule has 0 aliphatic rings. The average Bonchev–Trinajstić information content (AvgIpc) is 2.78. The summed E-state index contributed by atoms with van der Waals surface area (Å²) < 4.78 is 43.8. The molecule has 0 saturated heterocycles. The Morgan fingerprint density at radius 3 is 2.44 bits per heavy atom. The number of carbonyl (C=O) groups is 1. The molecular formula is C23H21Cl2F3N2O4. The topological polar surface area (TPSA) is 81.5 Å². The van der Waals surface area contributed by atoms with E-state index in [1.807, 2.05) is 0 Å². The van der Waals surface area contributed by atoms with Crippen molar-refractivity contribution in [3.8, 4) is 5.75 Å². The van der Waals surface area contributed by atoms with Gasteiger partial charge in [-0.15, -0.1) is 0 Å². The van der Waals surface area contributed by atoms with E-state index in [1.165, 1.54) is 42.5 Å². The average molecular weight is 517 g/mol. The maximum absolute atomic E-state index is 12.7. The lowest BCUT2D eigenvalue weighted by atomic mass is 10.1. The smallest absolute Gasteiger partial charge is 0.394 e. The summed E-state index contributed by atoms with van der Waals surface area (Å²) in [6.45, 7) is 2.83. The lowest BCUT2D eigenvalue weighted by molar-refractivity contribution is -0.384. The summed E-state index contributed by atoms with van der Waals surface area (Å²) in [6, 6.07) is 9.65. The van der Waals surface area contributed by atoms with E-state index in [-0.39, 0.29) is 22.7 Å². The van der Waals surface area contributed by atoms with Gasteiger partial charge in [-0.05, 0) is 36.8 Å². The van der Waals surface area contributed by atoms with Crippen LogP contribution >= 0.6 is 23.2 Å². The van der Waals surface area contributed by atoms with E-state index in [4.69, 9.17) is 27.9 Å². The van der Waals surface area contributed by atoms with E-state index in [2.05, 4.69) is 5.32 Å². The van der Waals surface area contributed by atoms with Gasteiger partial charge in [-0.2, -0.15) is 13.2 Å². The van der Waals surface area contributed by atoms with E-state index >= 15 is 0 Å². The first-order valence-electron chi connectivity index (χ1n) is 10.1. The van der Waals surface area contributed by atoms with E-state index < -0.39 is 22.9 Å². The Balaban J connectivity index is 2.10. The Bertz CT molecular complexity index is 1100. The lowest BCUT2D eigenvalue weighted by Gasteiger charge is -2.13. The number of nitro benzene ring substituents is 1. The van der Waals surface area contributed by atoms with Crippen molar-refractivity contribution in [2.75, 3.05) is 5.32 Å². The predicted octanol–water partition coefficient (Wildman–Crippen LogP) is 7.88. The molecule has 0 radical (unpaired) electrons. The molecule has 6 nitrogen and oxygen atoms in total. The number of carbonyl (C=O) groups excluding carboxylic acids is 1. The molecule has 2 aromatic rings. The number of anilines is 1. The van der Waals surface area contributed by atoms with Crippen molar-refractivity contribution in [1.29, 1.82) is 0 Å². The number of rotatable bonds is 9. The summed E-state index contributed by atoms with van der Waals surface area (Å²) in [5, 5.41) is 13.9. The summed E-state index contributed by atoms with van der Waals surface area (Å²) in [5.41, 5.74) is 0.0334. The van der Waals surface area contributed by atoms with Gasteiger partial charge in [-0.3, -0.25) is 14.9 Å². The van der Waals surface area contributed by atoms with Crippen LogP contribution in [0, 0.1) is 16.0 Å². The monoisotopic (exact) mass is 516 g/mol. The van der Waals surface area contributed by atoms with Crippen molar-refractivity contribution in [3.05, 3.63) is 86.1 Å². The van der Waals surface area contributed by atoms with Gasteiger partial charge in [0, 0.05) is 24.2 Å². The highest BCUT2D eigenvalue weighted by Gasteiger charge is 2.33. The second-order valence-corrected chi connectivity index (χ2v) is 8.01. The molecule has 34 heavy (non-hydrogen) atoms. The van der Waals surface area contributed by atoms with Crippen molar-refractivity contribution < 1.29 is 27.6 Å². The molecule has 182 valence electrons. The van der Waals surface area contributed by atoms with Gasteiger partial charge in [-0.1, -0.05) is 49.2 Å². The van der Waals surface area contributed by atoms with Crippen LogP contribution in [0.5, 0.6) is 5.75 Å². The Morgan fingerprint density at radius 2 is 1.88 bits per heavy atom. The summed E-state index contributed by atoms with van der Waals surface area (Å²) in [7, 11) is 0. The molecule has 2 aromatic carbocycles. The van der Waals surface area contributed by atoms with Crippen LogP contribution in [-0.4, -0.2) is 17.0 Å². The number of allylic oxidation sites excluding steroid dienone is 3. The molecule has 1 amide bonds. The number of non-ortho nitro benzene ring substituents is 1. The van der Waals surface area contributed by atoms with Crippen molar-refractivity contribution in [2.45, 2.75) is 32.9 Å². The summed E-state index contributed by atoms with van der Waals surface area (Å²) in [4.78, 5) is 22.8. The van der Waals surface area contributed by atoms with E-state index in [9.17, 15) is 28.1 Å². The van der Waals surface area contributed by atoms with Gasteiger partial charge >= 0.3 is 6.18 Å². The minimum absolute atomic E-state index is 0.0555. The first-order valence-corrected chi connectivity index (χ1v) is 10.8. The number of benzene rings is 2. The standard InChI is InChI=1S/C23H21Cl2F3N2O4/c1-3-19(24)21(6-4-5-14(2)23(26,27)28)34-17-10-7-15(8-11-17)29-22(31)18-13-16(30(32)33)9-12-20(18)25/h4-5,7-14H,3,6H2,1-2H3,(H,29,31)/b5-4-,21-19-. The molecule has 2 rings (SSSR count). The van der Waals surface area contributed by atoms with Crippen LogP contribution in [0.3, 0.4) is 0 Å². The van der Waals surface area contributed by atoms with Gasteiger partial charge in [0.25, 0.3) is 11.6 Å². The number of nitro groups is 1. The maximum Gasteiger partial charge on any atom is 0.394 e. The third kappa shape index (κ3) is 7.78. The van der Waals surface area contributed by atoms with Crippen LogP contribution in [0.25, 0.3) is 0 Å². The van der Waals surface area contributed by atoms with Crippen LogP contribution in [0.15, 0.2) is 65.4 Å².